The van der Waals surface area contributed by atoms with Crippen LogP contribution in [0.25, 0.3) is 0 Å². The lowest BCUT2D eigenvalue weighted by molar-refractivity contribution is 0.0822. The molecule has 2 nitrogen and oxygen atoms in total. The molecule has 0 spiro atoms. The average Bonchev–Trinajstić information content (AvgIpc) is 1.69. The van der Waals surface area contributed by atoms with E-state index in [2.05, 4.69) is 0 Å². The van der Waals surface area contributed by atoms with Crippen LogP contribution < -0.4 is 5.73 Å². The molecule has 1 saturated heterocycles. The Morgan fingerprint density at radius 1 is 1.50 bits per heavy atom. The molecule has 0 unspecified atom stereocenters. The van der Waals surface area contributed by atoms with Gasteiger partial charge >= 0.3 is 0 Å². The Bertz CT molecular complexity index is 54.4. The summed E-state index contributed by atoms with van der Waals surface area (Å²) in [6.45, 7) is 1.67. The van der Waals surface area contributed by atoms with Crippen molar-refractivity contribution < 1.29 is 4.74 Å². The van der Waals surface area contributed by atoms with Crippen LogP contribution in [0.4, 0.5) is 0 Å². The highest BCUT2D eigenvalue weighted by atomic mass is 35.5. The first-order chi connectivity index (χ1) is 3.39. The highest BCUT2D eigenvalue weighted by Crippen LogP contribution is 2.01. The molecule has 0 radical (unpaired) electrons. The van der Waals surface area contributed by atoms with Gasteiger partial charge in [0.1, 0.15) is 0 Å². The number of hydrogen-bond donors (Lipinski definition) is 1. The summed E-state index contributed by atoms with van der Waals surface area (Å²) in [6.07, 6.45) is 2.28. The second-order valence-electron chi connectivity index (χ2n) is 1.98. The van der Waals surface area contributed by atoms with E-state index in [-0.39, 0.29) is 12.4 Å². The number of rotatable bonds is 0. The van der Waals surface area contributed by atoms with Gasteiger partial charge in [-0.15, -0.1) is 12.4 Å². The van der Waals surface area contributed by atoms with Gasteiger partial charge in [0.25, 0.3) is 0 Å². The molecule has 1 aliphatic heterocycles. The van der Waals surface area contributed by atoms with Crippen molar-refractivity contribution in [1.82, 2.24) is 0 Å². The summed E-state index contributed by atoms with van der Waals surface area (Å²) >= 11 is 0. The largest absolute Gasteiger partial charge is 0.380 e. The Morgan fingerprint density at radius 3 is 2.50 bits per heavy atom. The van der Waals surface area contributed by atoms with Crippen molar-refractivity contribution in [3.63, 3.8) is 0 Å². The highest BCUT2D eigenvalue weighted by Gasteiger charge is 2.06. The number of nitrogens with two attached hydrogens (primary N) is 1. The molecule has 1 rings (SSSR count). The molecule has 1 heterocycles. The lowest BCUT2D eigenvalue weighted by atomic mass is 10.1. The quantitative estimate of drug-likeness (QED) is 0.529. The summed E-state index contributed by atoms with van der Waals surface area (Å²) in [6, 6.07) is 0.314. The predicted octanol–water partition coefficient (Wildman–Crippen LogP) is 0.546. The Kier molecular flexibility index (Phi) is 4.23. The fraction of sp³-hybridized carbons (Fsp3) is 1.00. The first kappa shape index (κ1) is 8.21. The molecule has 50 valence electrons. The van der Waals surface area contributed by atoms with Crippen molar-refractivity contribution in [2.24, 2.45) is 5.73 Å². The predicted molar refractivity (Wildman–Crippen MR) is 35.3 cm³/mol. The molecule has 2 N–H and O–H groups in total. The van der Waals surface area contributed by atoms with Crippen LogP contribution in [0.15, 0.2) is 0 Å². The molecule has 1 aliphatic rings. The first-order valence-corrected chi connectivity index (χ1v) is 2.73. The topological polar surface area (TPSA) is 35.2 Å². The van der Waals surface area contributed by atoms with Gasteiger partial charge in [0, 0.05) is 12.6 Å². The van der Waals surface area contributed by atoms with Crippen LogP contribution in [0.2, 0.25) is 0 Å². The van der Waals surface area contributed by atoms with Crippen molar-refractivity contribution in [2.45, 2.75) is 18.9 Å². The van der Waals surface area contributed by atoms with Crippen molar-refractivity contribution in [3.05, 3.63) is 0 Å². The Labute approximate surface area is 55.8 Å². The average molecular weight is 138 g/mol. The van der Waals surface area contributed by atoms with Crippen LogP contribution in [0.3, 0.4) is 0 Å². The monoisotopic (exact) mass is 137 g/mol. The molecule has 1 atom stereocenters. The van der Waals surface area contributed by atoms with Crippen LogP contribution in [0, 0.1) is 0 Å². The molecule has 0 aromatic rings. The zero-order valence-electron chi connectivity index (χ0n) is 4.80. The zero-order valence-corrected chi connectivity index (χ0v) is 5.62. The maximum atomic E-state index is 5.51. The van der Waals surface area contributed by atoms with E-state index in [1.807, 2.05) is 0 Å². The van der Waals surface area contributed by atoms with Gasteiger partial charge in [0.2, 0.25) is 0 Å². The zero-order chi connectivity index (χ0) is 5.11. The van der Waals surface area contributed by atoms with Gasteiger partial charge in [-0.1, -0.05) is 0 Å². The minimum absolute atomic E-state index is 0. The summed E-state index contributed by atoms with van der Waals surface area (Å²) in [4.78, 5) is 0. The van der Waals surface area contributed by atoms with E-state index in [0.717, 1.165) is 26.1 Å². The summed E-state index contributed by atoms with van der Waals surface area (Å²) < 4.78 is 5.06. The van der Waals surface area contributed by atoms with E-state index in [1.165, 1.54) is 0 Å². The van der Waals surface area contributed by atoms with Crippen molar-refractivity contribution in [1.29, 1.82) is 0 Å². The second-order valence-corrected chi connectivity index (χ2v) is 1.98. The summed E-state index contributed by atoms with van der Waals surface area (Å²) in [5.74, 6) is 0. The first-order valence-electron chi connectivity index (χ1n) is 2.73. The lowest BCUT2D eigenvalue weighted by Gasteiger charge is -2.16. The summed E-state index contributed by atoms with van der Waals surface area (Å²) in [5, 5.41) is 0. The van der Waals surface area contributed by atoms with Gasteiger partial charge < -0.3 is 10.5 Å². The van der Waals surface area contributed by atoms with Crippen molar-refractivity contribution in [3.8, 4) is 0 Å². The minimum atomic E-state index is 0. The number of ether oxygens (including phenoxy) is 1. The van der Waals surface area contributed by atoms with Gasteiger partial charge in [-0.2, -0.15) is 0 Å². The maximum absolute atomic E-state index is 5.51. The lowest BCUT2D eigenvalue weighted by Crippen LogP contribution is -2.30. The smallest absolute Gasteiger partial charge is 0.0617 e. The van der Waals surface area contributed by atoms with Crippen LogP contribution in [-0.4, -0.2) is 19.3 Å². The molecule has 0 aromatic carbocycles. The molecule has 0 aliphatic carbocycles. The molecule has 3 heteroatoms. The summed E-state index contributed by atoms with van der Waals surface area (Å²) in [5.41, 5.74) is 5.51. The molecule has 0 saturated carbocycles. The normalized spacial score (nSPS) is 28.9. The Hall–Kier alpha value is 0.210. The van der Waals surface area contributed by atoms with E-state index >= 15 is 0 Å². The van der Waals surface area contributed by atoms with Gasteiger partial charge in [-0.3, -0.25) is 0 Å². The molecular formula is C5H12ClNO. The Morgan fingerprint density at radius 2 is 2.25 bits per heavy atom. The second kappa shape index (κ2) is 4.13. The van der Waals surface area contributed by atoms with E-state index in [0.29, 0.717) is 6.04 Å². The van der Waals surface area contributed by atoms with Crippen molar-refractivity contribution in [2.75, 3.05) is 13.2 Å². The van der Waals surface area contributed by atoms with E-state index in [1.54, 1.807) is 0 Å². The highest BCUT2D eigenvalue weighted by molar-refractivity contribution is 5.85. The number of halogens is 1. The molecule has 0 amide bonds. The molecule has 0 bridgehead atoms. The molecule has 8 heavy (non-hydrogen) atoms. The van der Waals surface area contributed by atoms with E-state index < -0.39 is 0 Å². The molecule has 1 fully saturated rings. The maximum Gasteiger partial charge on any atom is 0.0617 e. The van der Waals surface area contributed by atoms with Gasteiger partial charge in [-0.25, -0.2) is 0 Å². The third kappa shape index (κ3) is 2.50. The van der Waals surface area contributed by atoms with Crippen LogP contribution >= 0.6 is 12.4 Å². The summed E-state index contributed by atoms with van der Waals surface area (Å²) in [7, 11) is 0. The Balaban J connectivity index is 0.000000490. The van der Waals surface area contributed by atoms with Gasteiger partial charge in [0.05, 0.1) is 6.61 Å². The fourth-order valence-corrected chi connectivity index (χ4v) is 0.766. The standard InChI is InChI=1S/C5H11NO.ClH/c6-5-2-1-3-7-4-5;/h5H,1-4,6H2;1H/t5-;/m1./s1. The van der Waals surface area contributed by atoms with Gasteiger partial charge in [0.15, 0.2) is 0 Å². The van der Waals surface area contributed by atoms with E-state index in [4.69, 9.17) is 10.5 Å². The fourth-order valence-electron chi connectivity index (χ4n) is 0.766. The third-order valence-electron chi connectivity index (χ3n) is 1.20. The number of hydrogen-bond acceptors (Lipinski definition) is 2. The van der Waals surface area contributed by atoms with E-state index in [9.17, 15) is 0 Å². The van der Waals surface area contributed by atoms with Crippen LogP contribution in [0.1, 0.15) is 12.8 Å². The SMILES string of the molecule is Cl.N[C@@H]1CCCOC1. The third-order valence-corrected chi connectivity index (χ3v) is 1.20. The molecular weight excluding hydrogens is 126 g/mol. The minimum Gasteiger partial charge on any atom is -0.380 e. The van der Waals surface area contributed by atoms with Gasteiger partial charge in [-0.05, 0) is 12.8 Å². The molecule has 0 aromatic heterocycles. The van der Waals surface area contributed by atoms with Crippen molar-refractivity contribution >= 4 is 12.4 Å². The van der Waals surface area contributed by atoms with Crippen LogP contribution in [-0.2, 0) is 4.74 Å². The van der Waals surface area contributed by atoms with Crippen LogP contribution in [0.5, 0.6) is 0 Å².